The summed E-state index contributed by atoms with van der Waals surface area (Å²) >= 11 is 0. The van der Waals surface area contributed by atoms with Crippen LogP contribution >= 0.6 is 0 Å². The standard InChI is InChI=1S/C25H23FN4O3/c1-30-23(31)25(29-24(30)27,15-5-2-4-14(10-15)17-6-3-9-28-22(17)26)16-7-8-18(20-12-32-20)19(11-16)21-13-33-21/h2-6,8-11,16,20-21H,7,12-13H2,1H3,(H2,27,29)/t16?,20?,21?,25-/m1/s1. The molecular weight excluding hydrogens is 423 g/mol. The molecule has 3 unspecified atom stereocenters. The number of halogens is 1. The monoisotopic (exact) mass is 446 g/mol. The lowest BCUT2D eigenvalue weighted by molar-refractivity contribution is -0.132. The molecule has 2 saturated heterocycles. The fourth-order valence-electron chi connectivity index (χ4n) is 4.94. The van der Waals surface area contributed by atoms with Gasteiger partial charge in [-0.1, -0.05) is 30.4 Å². The molecule has 2 aromatic rings. The number of carbonyl (C=O) groups excluding carboxylic acids is 1. The van der Waals surface area contributed by atoms with E-state index in [0.717, 1.165) is 11.1 Å². The van der Waals surface area contributed by atoms with Crippen LogP contribution in [-0.4, -0.2) is 54.2 Å². The molecule has 1 aliphatic carbocycles. The zero-order valence-corrected chi connectivity index (χ0v) is 18.1. The molecule has 6 rings (SSSR count). The zero-order chi connectivity index (χ0) is 22.7. The molecule has 3 aliphatic heterocycles. The molecule has 0 saturated carbocycles. The number of hydrogen-bond donors (Lipinski definition) is 1. The fraction of sp³-hybridized carbons (Fsp3) is 0.320. The maximum atomic E-state index is 14.4. The summed E-state index contributed by atoms with van der Waals surface area (Å²) in [6.45, 7) is 1.36. The van der Waals surface area contributed by atoms with Crippen LogP contribution < -0.4 is 5.73 Å². The molecule has 2 N–H and O–H groups in total. The quantitative estimate of drug-likeness (QED) is 0.563. The SMILES string of the molecule is CN1C(=O)[C@@](c2cccc(-c3cccnc3F)c2)(C2C=C(C3CO3)C(C3CO3)=CC2)N=C1N. The van der Waals surface area contributed by atoms with E-state index in [1.807, 2.05) is 18.2 Å². The maximum Gasteiger partial charge on any atom is 0.262 e. The van der Waals surface area contributed by atoms with E-state index in [4.69, 9.17) is 20.2 Å². The van der Waals surface area contributed by atoms with E-state index in [1.54, 1.807) is 25.2 Å². The number of ether oxygens (including phenoxy) is 2. The Morgan fingerprint density at radius 2 is 1.91 bits per heavy atom. The van der Waals surface area contributed by atoms with Crippen molar-refractivity contribution in [2.45, 2.75) is 24.2 Å². The summed E-state index contributed by atoms with van der Waals surface area (Å²) in [5.74, 6) is -0.884. The average Bonchev–Trinajstić information content (AvgIpc) is 3.75. The van der Waals surface area contributed by atoms with Crippen molar-refractivity contribution in [3.05, 3.63) is 77.4 Å². The van der Waals surface area contributed by atoms with E-state index < -0.39 is 11.5 Å². The van der Waals surface area contributed by atoms with Crippen LogP contribution in [0.1, 0.15) is 12.0 Å². The van der Waals surface area contributed by atoms with Crippen LogP contribution in [0.5, 0.6) is 0 Å². The van der Waals surface area contributed by atoms with Gasteiger partial charge in [0.1, 0.15) is 12.2 Å². The second kappa shape index (κ2) is 7.33. The molecule has 0 spiro atoms. The van der Waals surface area contributed by atoms with Crippen molar-refractivity contribution in [1.29, 1.82) is 0 Å². The van der Waals surface area contributed by atoms with Crippen molar-refractivity contribution in [3.8, 4) is 11.1 Å². The number of epoxide rings is 2. The lowest BCUT2D eigenvalue weighted by Crippen LogP contribution is -2.45. The van der Waals surface area contributed by atoms with E-state index in [1.165, 1.54) is 11.1 Å². The summed E-state index contributed by atoms with van der Waals surface area (Å²) in [4.78, 5) is 23.6. The highest BCUT2D eigenvalue weighted by Gasteiger charge is 2.54. The third-order valence-electron chi connectivity index (χ3n) is 6.84. The van der Waals surface area contributed by atoms with E-state index in [2.05, 4.69) is 17.1 Å². The Morgan fingerprint density at radius 3 is 2.58 bits per heavy atom. The Kier molecular flexibility index (Phi) is 4.50. The molecule has 1 amide bonds. The number of aliphatic imine (C=N–C) groups is 1. The number of likely N-dealkylation sites (N-methyl/N-ethyl adjacent to an activating group) is 1. The Hall–Kier alpha value is -3.36. The molecule has 2 fully saturated rings. The number of aromatic nitrogens is 1. The smallest absolute Gasteiger partial charge is 0.262 e. The highest BCUT2D eigenvalue weighted by molar-refractivity contribution is 6.07. The molecule has 4 atom stereocenters. The second-order valence-corrected chi connectivity index (χ2v) is 8.79. The Bertz CT molecular complexity index is 1250. The van der Waals surface area contributed by atoms with Crippen LogP contribution in [0, 0.1) is 11.9 Å². The van der Waals surface area contributed by atoms with E-state index in [0.29, 0.717) is 36.3 Å². The van der Waals surface area contributed by atoms with Gasteiger partial charge in [0.2, 0.25) is 5.95 Å². The van der Waals surface area contributed by atoms with Gasteiger partial charge in [0.25, 0.3) is 5.91 Å². The topological polar surface area (TPSA) is 96.6 Å². The van der Waals surface area contributed by atoms with Gasteiger partial charge in [0.15, 0.2) is 11.5 Å². The lowest BCUT2D eigenvalue weighted by Gasteiger charge is -2.34. The van der Waals surface area contributed by atoms with Crippen LogP contribution in [0.15, 0.2) is 70.9 Å². The number of carbonyl (C=O) groups is 1. The highest BCUT2D eigenvalue weighted by atomic mass is 19.1. The van der Waals surface area contributed by atoms with Gasteiger partial charge in [-0.3, -0.25) is 9.69 Å². The minimum absolute atomic E-state index is 0.0201. The molecule has 1 aromatic heterocycles. The van der Waals surface area contributed by atoms with Crippen molar-refractivity contribution in [2.75, 3.05) is 20.3 Å². The largest absolute Gasteiger partial charge is 0.369 e. The highest BCUT2D eigenvalue weighted by Crippen LogP contribution is 2.48. The number of pyridine rings is 1. The summed E-state index contributed by atoms with van der Waals surface area (Å²) in [6, 6.07) is 10.6. The van der Waals surface area contributed by atoms with E-state index in [-0.39, 0.29) is 30.0 Å². The minimum Gasteiger partial charge on any atom is -0.369 e. The average molecular weight is 446 g/mol. The summed E-state index contributed by atoms with van der Waals surface area (Å²) in [5, 5.41) is 0. The molecule has 4 aliphatic rings. The van der Waals surface area contributed by atoms with E-state index >= 15 is 0 Å². The number of amides is 1. The molecule has 168 valence electrons. The molecular formula is C25H23FN4O3. The van der Waals surface area contributed by atoms with Gasteiger partial charge in [0.05, 0.1) is 13.2 Å². The van der Waals surface area contributed by atoms with Gasteiger partial charge in [-0.05, 0) is 46.9 Å². The second-order valence-electron chi connectivity index (χ2n) is 8.79. The van der Waals surface area contributed by atoms with Gasteiger partial charge in [0, 0.05) is 24.7 Å². The van der Waals surface area contributed by atoms with Crippen LogP contribution in [0.25, 0.3) is 11.1 Å². The van der Waals surface area contributed by atoms with Gasteiger partial charge in [-0.25, -0.2) is 9.98 Å². The maximum absolute atomic E-state index is 14.4. The van der Waals surface area contributed by atoms with E-state index in [9.17, 15) is 9.18 Å². The van der Waals surface area contributed by atoms with Gasteiger partial charge < -0.3 is 15.2 Å². The van der Waals surface area contributed by atoms with Crippen molar-refractivity contribution < 1.29 is 18.7 Å². The summed E-state index contributed by atoms with van der Waals surface area (Å²) in [5.41, 5.74) is 8.78. The third-order valence-corrected chi connectivity index (χ3v) is 6.84. The van der Waals surface area contributed by atoms with Crippen molar-refractivity contribution >= 4 is 11.9 Å². The summed E-state index contributed by atoms with van der Waals surface area (Å²) < 4.78 is 25.6. The Balaban J connectivity index is 1.48. The first-order valence-electron chi connectivity index (χ1n) is 11.0. The Labute approximate surface area is 190 Å². The van der Waals surface area contributed by atoms with Crippen molar-refractivity contribution in [3.63, 3.8) is 0 Å². The van der Waals surface area contributed by atoms with Gasteiger partial charge in [-0.15, -0.1) is 0 Å². The molecule has 7 nitrogen and oxygen atoms in total. The van der Waals surface area contributed by atoms with Gasteiger partial charge in [-0.2, -0.15) is 4.39 Å². The summed E-state index contributed by atoms with van der Waals surface area (Å²) in [7, 11) is 1.63. The number of nitrogens with two attached hydrogens (primary N) is 1. The number of guanidine groups is 1. The molecule has 0 radical (unpaired) electrons. The normalized spacial score (nSPS) is 30.6. The zero-order valence-electron chi connectivity index (χ0n) is 18.1. The number of allylic oxidation sites excluding steroid dienone is 1. The van der Waals surface area contributed by atoms with Gasteiger partial charge >= 0.3 is 0 Å². The van der Waals surface area contributed by atoms with Crippen molar-refractivity contribution in [2.24, 2.45) is 16.6 Å². The predicted octanol–water partition coefficient (Wildman–Crippen LogP) is 2.54. The molecule has 33 heavy (non-hydrogen) atoms. The molecule has 0 bridgehead atoms. The Morgan fingerprint density at radius 1 is 1.15 bits per heavy atom. The minimum atomic E-state index is -1.25. The number of hydrogen-bond acceptors (Lipinski definition) is 6. The fourth-order valence-corrected chi connectivity index (χ4v) is 4.94. The number of nitrogens with zero attached hydrogens (tertiary/aromatic N) is 3. The van der Waals surface area contributed by atoms with Crippen LogP contribution in [-0.2, 0) is 19.8 Å². The third kappa shape index (κ3) is 3.20. The first kappa shape index (κ1) is 20.3. The van der Waals surface area contributed by atoms with Crippen molar-refractivity contribution in [1.82, 2.24) is 9.88 Å². The predicted molar refractivity (Wildman–Crippen MR) is 119 cm³/mol. The van der Waals surface area contributed by atoms with Crippen LogP contribution in [0.4, 0.5) is 4.39 Å². The first-order valence-corrected chi connectivity index (χ1v) is 11.0. The molecule has 1 aromatic carbocycles. The number of rotatable bonds is 5. The molecule has 4 heterocycles. The first-order chi connectivity index (χ1) is 16.0. The van der Waals surface area contributed by atoms with Crippen LogP contribution in [0.2, 0.25) is 0 Å². The molecule has 8 heteroatoms. The summed E-state index contributed by atoms with van der Waals surface area (Å²) in [6.07, 6.45) is 6.39. The number of benzene rings is 1. The van der Waals surface area contributed by atoms with Crippen LogP contribution in [0.3, 0.4) is 0 Å². The lowest BCUT2D eigenvalue weighted by atomic mass is 9.72.